The third kappa shape index (κ3) is 6.43. The molecule has 33 heavy (non-hydrogen) atoms. The van der Waals surface area contributed by atoms with E-state index in [0.717, 1.165) is 18.4 Å². The van der Waals surface area contributed by atoms with Gasteiger partial charge >= 0.3 is 0 Å². The first kappa shape index (κ1) is 24.5. The average molecular weight is 473 g/mol. The van der Waals surface area contributed by atoms with Gasteiger partial charge in [-0.2, -0.15) is 0 Å². The second-order valence-corrected chi connectivity index (χ2v) is 8.32. The van der Waals surface area contributed by atoms with Gasteiger partial charge in [-0.1, -0.05) is 0 Å². The van der Waals surface area contributed by atoms with Crippen LogP contribution in [0, 0.1) is 5.82 Å². The Bertz CT molecular complexity index is 1160. The molecule has 0 unspecified atom stereocenters. The predicted octanol–water partition coefficient (Wildman–Crippen LogP) is 3.84. The fourth-order valence-electron chi connectivity index (χ4n) is 3.47. The van der Waals surface area contributed by atoms with E-state index in [2.05, 4.69) is 15.2 Å². The maximum Gasteiger partial charge on any atom is 0.253 e. The number of pyridine rings is 1. The summed E-state index contributed by atoms with van der Waals surface area (Å²) in [7, 11) is 7.14. The van der Waals surface area contributed by atoms with E-state index in [-0.39, 0.29) is 11.4 Å². The molecule has 0 fully saturated rings. The van der Waals surface area contributed by atoms with Crippen LogP contribution in [0.4, 0.5) is 10.1 Å². The highest BCUT2D eigenvalue weighted by atomic mass is 32.1. The first-order chi connectivity index (χ1) is 15.8. The molecule has 2 N–H and O–H groups in total. The van der Waals surface area contributed by atoms with Gasteiger partial charge in [0.15, 0.2) is 16.6 Å². The molecule has 0 aliphatic carbocycles. The molecule has 0 aliphatic rings. The van der Waals surface area contributed by atoms with Gasteiger partial charge in [0.05, 0.1) is 26.3 Å². The first-order valence-corrected chi connectivity index (χ1v) is 11.0. The van der Waals surface area contributed by atoms with Crippen molar-refractivity contribution in [2.45, 2.75) is 13.0 Å². The van der Waals surface area contributed by atoms with E-state index in [9.17, 15) is 9.18 Å². The molecule has 7 nitrogen and oxygen atoms in total. The number of ether oxygens (including phenoxy) is 2. The predicted molar refractivity (Wildman–Crippen MR) is 134 cm³/mol. The summed E-state index contributed by atoms with van der Waals surface area (Å²) in [4.78, 5) is 19.8. The number of hydrogen-bond acceptors (Lipinski definition) is 5. The largest absolute Gasteiger partial charge is 0.493 e. The lowest BCUT2D eigenvalue weighted by molar-refractivity contribution is 0.346. The summed E-state index contributed by atoms with van der Waals surface area (Å²) in [5.41, 5.74) is 1.72. The maximum absolute atomic E-state index is 13.3. The SMILES string of the molecule is COc1cc2cc(CN(CCCN(C)C)C(=S)Nc3ccc(F)cc3)c(=O)[nH]c2cc1OC. The standard InChI is InChI=1S/C24H29FN4O3S/c1-28(2)10-5-11-29(24(33)26-19-8-6-18(25)7-9-19)15-17-12-16-13-21(31-3)22(32-4)14-20(16)27-23(17)30/h6-9,12-14H,5,10-11,15H2,1-4H3,(H,26,33)(H,27,30). The van der Waals surface area contributed by atoms with Gasteiger partial charge in [-0.3, -0.25) is 4.79 Å². The first-order valence-electron chi connectivity index (χ1n) is 10.5. The smallest absolute Gasteiger partial charge is 0.253 e. The lowest BCUT2D eigenvalue weighted by Gasteiger charge is -2.26. The number of nitrogens with one attached hydrogen (secondary N) is 2. The second-order valence-electron chi connectivity index (χ2n) is 7.93. The molecule has 0 saturated heterocycles. The van der Waals surface area contributed by atoms with E-state index in [1.807, 2.05) is 31.1 Å². The van der Waals surface area contributed by atoms with E-state index < -0.39 is 0 Å². The Morgan fingerprint density at radius 3 is 2.36 bits per heavy atom. The maximum atomic E-state index is 13.3. The van der Waals surface area contributed by atoms with Crippen LogP contribution in [0.5, 0.6) is 11.5 Å². The highest BCUT2D eigenvalue weighted by molar-refractivity contribution is 7.80. The van der Waals surface area contributed by atoms with Crippen molar-refractivity contribution in [1.29, 1.82) is 0 Å². The summed E-state index contributed by atoms with van der Waals surface area (Å²) in [5, 5.41) is 4.44. The van der Waals surface area contributed by atoms with Gasteiger partial charge < -0.3 is 29.6 Å². The monoisotopic (exact) mass is 472 g/mol. The Morgan fingerprint density at radius 1 is 1.06 bits per heavy atom. The molecule has 0 atom stereocenters. The van der Waals surface area contributed by atoms with E-state index in [1.54, 1.807) is 32.4 Å². The summed E-state index contributed by atoms with van der Waals surface area (Å²) >= 11 is 5.64. The molecule has 0 radical (unpaired) electrons. The Kier molecular flexibility index (Phi) is 8.24. The van der Waals surface area contributed by atoms with Gasteiger partial charge in [-0.25, -0.2) is 4.39 Å². The molecule has 176 valence electrons. The van der Waals surface area contributed by atoms with Crippen LogP contribution in [0.25, 0.3) is 10.9 Å². The molecular weight excluding hydrogens is 443 g/mol. The van der Waals surface area contributed by atoms with Crippen molar-refractivity contribution < 1.29 is 13.9 Å². The zero-order valence-electron chi connectivity index (χ0n) is 19.3. The molecule has 0 aliphatic heterocycles. The molecule has 1 aromatic heterocycles. The van der Waals surface area contributed by atoms with Crippen LogP contribution in [-0.4, -0.2) is 61.3 Å². The van der Waals surface area contributed by atoms with Crippen LogP contribution in [0.2, 0.25) is 0 Å². The average Bonchev–Trinajstić information content (AvgIpc) is 2.79. The molecule has 3 rings (SSSR count). The summed E-state index contributed by atoms with van der Waals surface area (Å²) in [5.74, 6) is 0.812. The summed E-state index contributed by atoms with van der Waals surface area (Å²) in [6, 6.07) is 11.4. The van der Waals surface area contributed by atoms with Gasteiger partial charge in [0.25, 0.3) is 5.56 Å². The number of aromatic amines is 1. The third-order valence-electron chi connectivity index (χ3n) is 5.20. The highest BCUT2D eigenvalue weighted by Crippen LogP contribution is 2.31. The Hall–Kier alpha value is -3.17. The molecule has 0 saturated carbocycles. The Morgan fingerprint density at radius 2 is 1.73 bits per heavy atom. The van der Waals surface area contributed by atoms with Crippen molar-refractivity contribution in [3.8, 4) is 11.5 Å². The minimum atomic E-state index is -0.316. The lowest BCUT2D eigenvalue weighted by atomic mass is 10.1. The minimum Gasteiger partial charge on any atom is -0.493 e. The fraction of sp³-hybridized carbons (Fsp3) is 0.333. The van der Waals surface area contributed by atoms with Crippen molar-refractivity contribution in [3.05, 3.63) is 64.2 Å². The van der Waals surface area contributed by atoms with Gasteiger partial charge in [0.2, 0.25) is 0 Å². The van der Waals surface area contributed by atoms with Crippen LogP contribution >= 0.6 is 12.2 Å². The van der Waals surface area contributed by atoms with E-state index in [1.165, 1.54) is 12.1 Å². The van der Waals surface area contributed by atoms with Crippen LogP contribution in [0.15, 0.2) is 47.3 Å². The minimum absolute atomic E-state index is 0.197. The van der Waals surface area contributed by atoms with Gasteiger partial charge in [-0.05, 0) is 75.7 Å². The number of rotatable bonds is 9. The summed E-state index contributed by atoms with van der Waals surface area (Å²) in [6.07, 6.45) is 0.856. The number of anilines is 1. The molecule has 0 bridgehead atoms. The topological polar surface area (TPSA) is 69.8 Å². The molecular formula is C24H29FN4O3S. The number of thiocarbonyl (C=S) groups is 1. The molecule has 3 aromatic rings. The van der Waals surface area contributed by atoms with E-state index in [0.29, 0.717) is 46.5 Å². The summed E-state index contributed by atoms with van der Waals surface area (Å²) < 4.78 is 24.0. The normalized spacial score (nSPS) is 11.0. The van der Waals surface area contributed by atoms with Crippen LogP contribution < -0.4 is 20.3 Å². The molecule has 2 aromatic carbocycles. The van der Waals surface area contributed by atoms with Crippen molar-refractivity contribution >= 4 is 33.9 Å². The number of H-pyrrole nitrogens is 1. The Balaban J connectivity index is 1.88. The lowest BCUT2D eigenvalue weighted by Crippen LogP contribution is -2.37. The summed E-state index contributed by atoms with van der Waals surface area (Å²) in [6.45, 7) is 1.84. The molecule has 0 spiro atoms. The number of methoxy groups -OCH3 is 2. The molecule has 9 heteroatoms. The zero-order valence-corrected chi connectivity index (χ0v) is 20.1. The quantitative estimate of drug-likeness (QED) is 0.459. The van der Waals surface area contributed by atoms with E-state index >= 15 is 0 Å². The highest BCUT2D eigenvalue weighted by Gasteiger charge is 2.15. The van der Waals surface area contributed by atoms with E-state index in [4.69, 9.17) is 21.7 Å². The van der Waals surface area contributed by atoms with Crippen molar-refractivity contribution in [2.75, 3.05) is 46.7 Å². The Labute approximate surface area is 198 Å². The molecule has 0 amide bonds. The number of halogens is 1. The fourth-order valence-corrected chi connectivity index (χ4v) is 3.74. The van der Waals surface area contributed by atoms with Crippen molar-refractivity contribution in [3.63, 3.8) is 0 Å². The number of hydrogen-bond donors (Lipinski definition) is 2. The number of fused-ring (bicyclic) bond motifs is 1. The number of nitrogens with zero attached hydrogens (tertiary/aromatic N) is 2. The van der Waals surface area contributed by atoms with Crippen molar-refractivity contribution in [2.24, 2.45) is 0 Å². The van der Waals surface area contributed by atoms with Crippen LogP contribution in [0.1, 0.15) is 12.0 Å². The van der Waals surface area contributed by atoms with Gasteiger partial charge in [0.1, 0.15) is 5.82 Å². The third-order valence-corrected chi connectivity index (χ3v) is 5.56. The molecule has 1 heterocycles. The van der Waals surface area contributed by atoms with Crippen LogP contribution in [-0.2, 0) is 6.54 Å². The second kappa shape index (κ2) is 11.1. The van der Waals surface area contributed by atoms with Gasteiger partial charge in [0, 0.05) is 29.2 Å². The van der Waals surface area contributed by atoms with Gasteiger partial charge in [-0.15, -0.1) is 0 Å². The number of aromatic nitrogens is 1. The van der Waals surface area contributed by atoms with Crippen LogP contribution in [0.3, 0.4) is 0 Å². The van der Waals surface area contributed by atoms with Crippen molar-refractivity contribution in [1.82, 2.24) is 14.8 Å². The number of benzene rings is 2. The zero-order chi connectivity index (χ0) is 24.0.